The highest BCUT2D eigenvalue weighted by Crippen LogP contribution is 2.37. The number of halogens is 1. The molecular weight excluding hydrogens is 390 g/mol. The van der Waals surface area contributed by atoms with Gasteiger partial charge >= 0.3 is 0 Å². The van der Waals surface area contributed by atoms with E-state index in [1.165, 1.54) is 13.2 Å². The number of pyridine rings is 1. The number of nitrogens with zero attached hydrogens (tertiary/aromatic N) is 2. The molecule has 25 heavy (non-hydrogen) atoms. The average Bonchev–Trinajstić information content (AvgIpc) is 3.00. The number of aromatic nitrogens is 1. The maximum absolute atomic E-state index is 12.3. The first-order chi connectivity index (χ1) is 12.1. The number of fused-ring (bicyclic) bond motifs is 1. The molecule has 2 aromatic heterocycles. The fraction of sp³-hybridized carbons (Fsp3) is 0.471. The van der Waals surface area contributed by atoms with Crippen LogP contribution in [-0.4, -0.2) is 43.1 Å². The van der Waals surface area contributed by atoms with Gasteiger partial charge in [-0.3, -0.25) is 9.59 Å². The molecule has 7 nitrogen and oxygen atoms in total. The lowest BCUT2D eigenvalue weighted by molar-refractivity contribution is -0.108. The first-order valence-corrected chi connectivity index (χ1v) is 9.03. The number of anilines is 1. The zero-order valence-corrected chi connectivity index (χ0v) is 15.7. The third-order valence-electron chi connectivity index (χ3n) is 4.51. The first-order valence-electron chi connectivity index (χ1n) is 8.24. The molecule has 2 amide bonds. The first kappa shape index (κ1) is 17.9. The van der Waals surface area contributed by atoms with Crippen molar-refractivity contribution in [2.75, 3.05) is 18.6 Å². The van der Waals surface area contributed by atoms with Crippen molar-refractivity contribution in [3.05, 3.63) is 22.6 Å². The van der Waals surface area contributed by atoms with Gasteiger partial charge in [0.25, 0.3) is 5.91 Å². The van der Waals surface area contributed by atoms with Gasteiger partial charge in [-0.1, -0.05) is 6.92 Å². The number of nitrogens with one attached hydrogen (secondary N) is 1. The Balaban J connectivity index is 2.11. The SMILES string of the molecule is CCC1CC(N(C=O)c2c(C(=O)NC)oc3cnc(Br)cc23)CCO1. The molecule has 134 valence electrons. The predicted molar refractivity (Wildman–Crippen MR) is 96.7 cm³/mol. The van der Waals surface area contributed by atoms with E-state index < -0.39 is 0 Å². The largest absolute Gasteiger partial charge is 0.447 e. The Kier molecular flexibility index (Phi) is 5.39. The number of hydrogen-bond acceptors (Lipinski definition) is 5. The fourth-order valence-electron chi connectivity index (χ4n) is 3.21. The zero-order chi connectivity index (χ0) is 18.0. The van der Waals surface area contributed by atoms with Crippen molar-refractivity contribution in [2.45, 2.75) is 38.3 Å². The molecule has 1 saturated heterocycles. The van der Waals surface area contributed by atoms with Crippen molar-refractivity contribution in [3.63, 3.8) is 0 Å². The number of hydrogen-bond donors (Lipinski definition) is 1. The van der Waals surface area contributed by atoms with Crippen LogP contribution < -0.4 is 10.2 Å². The molecule has 1 fully saturated rings. The molecule has 0 bridgehead atoms. The van der Waals surface area contributed by atoms with Crippen LogP contribution >= 0.6 is 15.9 Å². The normalized spacial score (nSPS) is 20.4. The Morgan fingerprint density at radius 3 is 3.04 bits per heavy atom. The maximum atomic E-state index is 12.3. The highest BCUT2D eigenvalue weighted by molar-refractivity contribution is 9.10. The van der Waals surface area contributed by atoms with Crippen molar-refractivity contribution < 1.29 is 18.7 Å². The maximum Gasteiger partial charge on any atom is 0.289 e. The summed E-state index contributed by atoms with van der Waals surface area (Å²) in [6.45, 7) is 2.65. The van der Waals surface area contributed by atoms with Gasteiger partial charge in [-0.05, 0) is 41.3 Å². The number of ether oxygens (including phenoxy) is 1. The van der Waals surface area contributed by atoms with E-state index in [2.05, 4.69) is 33.2 Å². The monoisotopic (exact) mass is 409 g/mol. The summed E-state index contributed by atoms with van der Waals surface area (Å²) >= 11 is 3.34. The van der Waals surface area contributed by atoms with Gasteiger partial charge in [0.15, 0.2) is 5.58 Å². The van der Waals surface area contributed by atoms with E-state index in [0.29, 0.717) is 34.3 Å². The molecule has 0 spiro atoms. The second kappa shape index (κ2) is 7.53. The fourth-order valence-corrected chi connectivity index (χ4v) is 3.54. The van der Waals surface area contributed by atoms with Crippen molar-refractivity contribution in [3.8, 4) is 0 Å². The molecule has 2 aromatic rings. The molecule has 1 N–H and O–H groups in total. The number of furan rings is 1. The van der Waals surface area contributed by atoms with Gasteiger partial charge in [-0.15, -0.1) is 0 Å². The van der Waals surface area contributed by atoms with Crippen LogP contribution in [0.3, 0.4) is 0 Å². The van der Waals surface area contributed by atoms with Gasteiger partial charge in [0, 0.05) is 25.1 Å². The van der Waals surface area contributed by atoms with Crippen LogP contribution in [0.4, 0.5) is 5.69 Å². The second-order valence-electron chi connectivity index (χ2n) is 5.95. The Morgan fingerprint density at radius 2 is 2.36 bits per heavy atom. The van der Waals surface area contributed by atoms with Gasteiger partial charge in [0.05, 0.1) is 12.3 Å². The number of amides is 2. The third kappa shape index (κ3) is 3.41. The quantitative estimate of drug-likeness (QED) is 0.605. The molecule has 0 aliphatic carbocycles. The van der Waals surface area contributed by atoms with Crippen LogP contribution in [0.25, 0.3) is 11.0 Å². The van der Waals surface area contributed by atoms with Gasteiger partial charge in [0.2, 0.25) is 12.2 Å². The third-order valence-corrected chi connectivity index (χ3v) is 4.94. The lowest BCUT2D eigenvalue weighted by Crippen LogP contribution is -2.42. The Bertz CT molecular complexity index is 792. The van der Waals surface area contributed by atoms with E-state index >= 15 is 0 Å². The average molecular weight is 410 g/mol. The summed E-state index contributed by atoms with van der Waals surface area (Å²) in [6, 6.07) is 1.71. The summed E-state index contributed by atoms with van der Waals surface area (Å²) < 4.78 is 12.0. The molecule has 2 unspecified atom stereocenters. The van der Waals surface area contributed by atoms with E-state index in [1.807, 2.05) is 0 Å². The number of carbonyl (C=O) groups excluding carboxylic acids is 2. The lowest BCUT2D eigenvalue weighted by atomic mass is 9.99. The van der Waals surface area contributed by atoms with Crippen LogP contribution in [0, 0.1) is 0 Å². The van der Waals surface area contributed by atoms with Gasteiger partial charge in [0.1, 0.15) is 10.3 Å². The van der Waals surface area contributed by atoms with Crippen molar-refractivity contribution in [1.29, 1.82) is 0 Å². The molecule has 2 atom stereocenters. The lowest BCUT2D eigenvalue weighted by Gasteiger charge is -2.35. The molecule has 0 radical (unpaired) electrons. The summed E-state index contributed by atoms with van der Waals surface area (Å²) in [6.07, 6.45) is 4.73. The summed E-state index contributed by atoms with van der Waals surface area (Å²) in [5.74, 6) is -0.266. The van der Waals surface area contributed by atoms with E-state index in [9.17, 15) is 9.59 Å². The van der Waals surface area contributed by atoms with Gasteiger partial charge < -0.3 is 19.4 Å². The second-order valence-corrected chi connectivity index (χ2v) is 6.77. The Labute approximate surface area is 153 Å². The molecular formula is C17H20BrN3O4. The molecule has 3 heterocycles. The summed E-state index contributed by atoms with van der Waals surface area (Å²) in [4.78, 5) is 30.0. The van der Waals surface area contributed by atoms with Gasteiger partial charge in [-0.2, -0.15) is 0 Å². The van der Waals surface area contributed by atoms with Crippen LogP contribution in [-0.2, 0) is 9.53 Å². The molecule has 3 rings (SSSR count). The summed E-state index contributed by atoms with van der Waals surface area (Å²) in [5.41, 5.74) is 0.942. The summed E-state index contributed by atoms with van der Waals surface area (Å²) in [7, 11) is 1.53. The highest BCUT2D eigenvalue weighted by Gasteiger charge is 2.32. The van der Waals surface area contributed by atoms with E-state index in [-0.39, 0.29) is 23.8 Å². The minimum absolute atomic E-state index is 0.0488. The van der Waals surface area contributed by atoms with Crippen molar-refractivity contribution >= 4 is 44.9 Å². The molecule has 8 heteroatoms. The topological polar surface area (TPSA) is 84.7 Å². The predicted octanol–water partition coefficient (Wildman–Crippen LogP) is 2.87. The molecule has 0 aromatic carbocycles. The smallest absolute Gasteiger partial charge is 0.289 e. The Morgan fingerprint density at radius 1 is 1.56 bits per heavy atom. The zero-order valence-electron chi connectivity index (χ0n) is 14.1. The summed E-state index contributed by atoms with van der Waals surface area (Å²) in [5, 5.41) is 3.24. The number of carbonyl (C=O) groups is 2. The van der Waals surface area contributed by atoms with Crippen molar-refractivity contribution in [2.24, 2.45) is 0 Å². The highest BCUT2D eigenvalue weighted by atomic mass is 79.9. The Hall–Kier alpha value is -1.93. The minimum Gasteiger partial charge on any atom is -0.447 e. The standard InChI is InChI=1S/C17H20BrN3O4/c1-3-11-6-10(4-5-24-11)21(9-22)15-12-7-14(18)20-8-13(12)25-16(15)17(23)19-2/h7-11H,3-6H2,1-2H3,(H,19,23). The van der Waals surface area contributed by atoms with E-state index in [4.69, 9.17) is 9.15 Å². The van der Waals surface area contributed by atoms with Crippen LogP contribution in [0.2, 0.25) is 0 Å². The molecule has 1 aliphatic rings. The van der Waals surface area contributed by atoms with Gasteiger partial charge in [-0.25, -0.2) is 4.98 Å². The molecule has 1 aliphatic heterocycles. The van der Waals surface area contributed by atoms with Crippen LogP contribution in [0.5, 0.6) is 0 Å². The van der Waals surface area contributed by atoms with Crippen molar-refractivity contribution in [1.82, 2.24) is 10.3 Å². The number of rotatable bonds is 5. The molecule has 0 saturated carbocycles. The van der Waals surface area contributed by atoms with E-state index in [0.717, 1.165) is 19.3 Å². The van der Waals surface area contributed by atoms with Crippen LogP contribution in [0.15, 0.2) is 21.3 Å². The van der Waals surface area contributed by atoms with Crippen LogP contribution in [0.1, 0.15) is 36.7 Å². The minimum atomic E-state index is -0.381. The van der Waals surface area contributed by atoms with E-state index in [1.54, 1.807) is 11.0 Å².